The second-order valence-electron chi connectivity index (χ2n) is 6.71. The Labute approximate surface area is 154 Å². The molecule has 1 unspecified atom stereocenters. The molecule has 0 saturated heterocycles. The first kappa shape index (κ1) is 18.7. The highest BCUT2D eigenvalue weighted by Crippen LogP contribution is 2.32. The Hall–Kier alpha value is -2.13. The molecule has 0 bridgehead atoms. The maximum Gasteiger partial charge on any atom is 0.248 e. The molecule has 2 N–H and O–H groups in total. The van der Waals surface area contributed by atoms with E-state index in [0.717, 1.165) is 18.5 Å². The number of aromatic nitrogens is 4. The van der Waals surface area contributed by atoms with Gasteiger partial charge in [-0.15, -0.1) is 0 Å². The number of hydrogen-bond acceptors (Lipinski definition) is 5. The van der Waals surface area contributed by atoms with Gasteiger partial charge >= 0.3 is 0 Å². The van der Waals surface area contributed by atoms with E-state index in [0.29, 0.717) is 23.9 Å². The predicted molar refractivity (Wildman–Crippen MR) is 97.7 cm³/mol. The molecule has 1 aliphatic rings. The lowest BCUT2D eigenvalue weighted by molar-refractivity contribution is -0.119. The summed E-state index contributed by atoms with van der Waals surface area (Å²) >= 11 is -1.96. The third-order valence-corrected chi connectivity index (χ3v) is 5.20. The van der Waals surface area contributed by atoms with Crippen molar-refractivity contribution >= 4 is 22.8 Å². The smallest absolute Gasteiger partial charge is 0.248 e. The molecule has 140 valence electrons. The van der Waals surface area contributed by atoms with Gasteiger partial charge in [-0.3, -0.25) is 9.78 Å². The van der Waals surface area contributed by atoms with Crippen LogP contribution in [0.1, 0.15) is 49.5 Å². The zero-order valence-corrected chi connectivity index (χ0v) is 15.5. The van der Waals surface area contributed by atoms with Crippen LogP contribution in [0.3, 0.4) is 0 Å². The normalized spacial score (nSPS) is 17.2. The third-order valence-electron chi connectivity index (χ3n) is 4.65. The third kappa shape index (κ3) is 4.95. The summed E-state index contributed by atoms with van der Waals surface area (Å²) in [6.45, 7) is 1.83. The highest BCUT2D eigenvalue weighted by molar-refractivity contribution is 7.78. The van der Waals surface area contributed by atoms with Crippen LogP contribution in [0.2, 0.25) is 0 Å². The van der Waals surface area contributed by atoms with Crippen molar-refractivity contribution in [2.45, 2.75) is 50.8 Å². The summed E-state index contributed by atoms with van der Waals surface area (Å²) in [5.41, 5.74) is 1.27. The lowest BCUT2D eigenvalue weighted by Gasteiger charge is -2.21. The largest absolute Gasteiger partial charge is 0.325 e. The summed E-state index contributed by atoms with van der Waals surface area (Å²) in [6.07, 6.45) is 11.7. The van der Waals surface area contributed by atoms with Crippen molar-refractivity contribution in [3.63, 3.8) is 0 Å². The number of carbonyl (C=O) groups excluding carboxylic acids is 1. The van der Waals surface area contributed by atoms with Crippen LogP contribution in [0, 0.1) is 12.8 Å². The minimum Gasteiger partial charge on any atom is -0.325 e. The Bertz CT molecular complexity index is 771. The molecule has 1 fully saturated rings. The molecule has 1 saturated carbocycles. The zero-order valence-electron chi connectivity index (χ0n) is 14.7. The van der Waals surface area contributed by atoms with Crippen LogP contribution in [0.4, 0.5) is 5.82 Å². The Morgan fingerprint density at radius 1 is 1.35 bits per heavy atom. The maximum absolute atomic E-state index is 12.9. The fourth-order valence-corrected chi connectivity index (χ4v) is 3.75. The summed E-state index contributed by atoms with van der Waals surface area (Å²) in [7, 11) is 0. The quantitative estimate of drug-likeness (QED) is 0.717. The molecule has 1 aliphatic carbocycles. The number of rotatable bonds is 7. The molecular weight excluding hydrogens is 354 g/mol. The minimum absolute atomic E-state index is 0.0474. The molecule has 2 aromatic heterocycles. The van der Waals surface area contributed by atoms with Gasteiger partial charge in [0.25, 0.3) is 0 Å². The number of nitrogens with one attached hydrogen (secondary N) is 1. The van der Waals surface area contributed by atoms with Crippen LogP contribution in [0.5, 0.6) is 0 Å². The molecule has 2 heterocycles. The molecule has 0 radical (unpaired) electrons. The molecule has 9 heteroatoms. The first-order valence-electron chi connectivity index (χ1n) is 8.70. The second kappa shape index (κ2) is 8.50. The van der Waals surface area contributed by atoms with Gasteiger partial charge < -0.3 is 14.4 Å². The van der Waals surface area contributed by atoms with Gasteiger partial charge in [0.05, 0.1) is 35.9 Å². The van der Waals surface area contributed by atoms with E-state index in [4.69, 9.17) is 4.55 Å². The fraction of sp³-hybridized carbons (Fsp3) is 0.529. The van der Waals surface area contributed by atoms with Crippen LogP contribution < -0.4 is 5.32 Å². The zero-order chi connectivity index (χ0) is 18.5. The minimum atomic E-state index is -1.96. The first-order chi connectivity index (χ1) is 12.5. The number of amides is 1. The van der Waals surface area contributed by atoms with E-state index in [1.165, 1.54) is 19.0 Å². The van der Waals surface area contributed by atoms with Crippen molar-refractivity contribution < 1.29 is 13.6 Å². The monoisotopic (exact) mass is 377 g/mol. The highest BCUT2D eigenvalue weighted by Gasteiger charge is 2.27. The van der Waals surface area contributed by atoms with Gasteiger partial charge in [-0.05, 0) is 19.3 Å². The van der Waals surface area contributed by atoms with E-state index >= 15 is 0 Å². The van der Waals surface area contributed by atoms with Crippen molar-refractivity contribution in [1.29, 1.82) is 0 Å². The van der Waals surface area contributed by atoms with Crippen LogP contribution in [0.15, 0.2) is 24.9 Å². The molecule has 8 nitrogen and oxygen atoms in total. The van der Waals surface area contributed by atoms with E-state index in [2.05, 4.69) is 20.3 Å². The molecule has 1 amide bonds. The van der Waals surface area contributed by atoms with Crippen molar-refractivity contribution in [3.05, 3.63) is 36.3 Å². The van der Waals surface area contributed by atoms with Crippen molar-refractivity contribution in [2.24, 2.45) is 5.92 Å². The van der Waals surface area contributed by atoms with Gasteiger partial charge in [-0.2, -0.15) is 0 Å². The van der Waals surface area contributed by atoms with Crippen LogP contribution >= 0.6 is 0 Å². The van der Waals surface area contributed by atoms with Crippen molar-refractivity contribution in [3.8, 4) is 0 Å². The Kier molecular flexibility index (Phi) is 6.10. The van der Waals surface area contributed by atoms with E-state index in [1.54, 1.807) is 23.3 Å². The summed E-state index contributed by atoms with van der Waals surface area (Å²) in [5, 5.41) is 2.82. The van der Waals surface area contributed by atoms with Gasteiger partial charge in [0.15, 0.2) is 16.9 Å². The molecule has 2 atom stereocenters. The SMILES string of the molecule is Cc1cnc(NC(=O)[C@H](CC2CCCC2)n2cnc(CS(=O)O)c2)cn1. The Balaban J connectivity index is 1.77. The van der Waals surface area contributed by atoms with Crippen LogP contribution in [-0.4, -0.2) is 34.2 Å². The van der Waals surface area contributed by atoms with Gasteiger partial charge in [0.1, 0.15) is 6.04 Å². The topological polar surface area (TPSA) is 110 Å². The standard InChI is InChI=1S/C17H23N5O3S/c1-12-7-19-16(8-18-12)21-17(23)15(6-13-4-2-3-5-13)22-9-14(20-11-22)10-26(24)25/h7-9,11,13,15H,2-6,10H2,1H3,(H,24,25)(H,19,21,23)/t15-/m0/s1. The molecule has 0 aliphatic heterocycles. The lowest BCUT2D eigenvalue weighted by atomic mass is 9.97. The van der Waals surface area contributed by atoms with Gasteiger partial charge in [-0.25, -0.2) is 14.2 Å². The van der Waals surface area contributed by atoms with Gasteiger partial charge in [-0.1, -0.05) is 25.7 Å². The fourth-order valence-electron chi connectivity index (χ4n) is 3.34. The summed E-state index contributed by atoms with van der Waals surface area (Å²) in [4.78, 5) is 25.4. The summed E-state index contributed by atoms with van der Waals surface area (Å²) in [6, 6.07) is -0.436. The van der Waals surface area contributed by atoms with Crippen molar-refractivity contribution in [1.82, 2.24) is 19.5 Å². The highest BCUT2D eigenvalue weighted by atomic mass is 32.2. The molecule has 3 rings (SSSR count). The van der Waals surface area contributed by atoms with Crippen LogP contribution in [0.25, 0.3) is 0 Å². The molecule has 26 heavy (non-hydrogen) atoms. The number of nitrogens with zero attached hydrogens (tertiary/aromatic N) is 4. The number of anilines is 1. The molecule has 0 spiro atoms. The van der Waals surface area contributed by atoms with Crippen LogP contribution in [-0.2, 0) is 21.6 Å². The number of imidazole rings is 1. The molecule has 2 aromatic rings. The average molecular weight is 377 g/mol. The number of carbonyl (C=O) groups is 1. The van der Waals surface area contributed by atoms with Gasteiger partial charge in [0.2, 0.25) is 5.91 Å². The molecular formula is C17H23N5O3S. The van der Waals surface area contributed by atoms with E-state index < -0.39 is 17.1 Å². The van der Waals surface area contributed by atoms with E-state index in [9.17, 15) is 9.00 Å². The predicted octanol–water partition coefficient (Wildman–Crippen LogP) is 2.46. The molecule has 0 aromatic carbocycles. The Morgan fingerprint density at radius 2 is 2.12 bits per heavy atom. The van der Waals surface area contributed by atoms with Crippen molar-refractivity contribution in [2.75, 3.05) is 5.32 Å². The second-order valence-corrected chi connectivity index (χ2v) is 7.64. The summed E-state index contributed by atoms with van der Waals surface area (Å²) < 4.78 is 21.8. The average Bonchev–Trinajstić information content (AvgIpc) is 3.26. The Morgan fingerprint density at radius 3 is 2.77 bits per heavy atom. The van der Waals surface area contributed by atoms with Gasteiger partial charge in [0, 0.05) is 6.20 Å². The first-order valence-corrected chi connectivity index (χ1v) is 9.98. The summed E-state index contributed by atoms with van der Waals surface area (Å²) in [5.74, 6) is 0.680. The van der Waals surface area contributed by atoms with E-state index in [-0.39, 0.29) is 11.7 Å². The number of aryl methyl sites for hydroxylation is 1. The number of hydrogen-bond donors (Lipinski definition) is 2. The maximum atomic E-state index is 12.9. The van der Waals surface area contributed by atoms with E-state index in [1.807, 2.05) is 6.92 Å². The lowest BCUT2D eigenvalue weighted by Crippen LogP contribution is -2.27.